The quantitative estimate of drug-likeness (QED) is 0.675. The van der Waals surface area contributed by atoms with E-state index in [0.717, 1.165) is 52.5 Å². The monoisotopic (exact) mass is 200 g/mol. The second kappa shape index (κ2) is 5.66. The average molecular weight is 200 g/mol. The summed E-state index contributed by atoms with van der Waals surface area (Å²) in [6.07, 6.45) is 1.62. The molecule has 0 bridgehead atoms. The maximum atomic E-state index is 5.76. The smallest absolute Gasteiger partial charge is 0.0712 e. The van der Waals surface area contributed by atoms with Crippen LogP contribution in [0.15, 0.2) is 0 Å². The molecule has 1 atom stereocenters. The Labute approximate surface area is 85.5 Å². The van der Waals surface area contributed by atoms with E-state index in [9.17, 15) is 0 Å². The predicted molar refractivity (Wildman–Crippen MR) is 54.5 cm³/mol. The zero-order valence-corrected chi connectivity index (χ0v) is 8.71. The molecule has 2 heterocycles. The average Bonchev–Trinajstić information content (AvgIpc) is 2.72. The van der Waals surface area contributed by atoms with Crippen LogP contribution >= 0.6 is 0 Å². The van der Waals surface area contributed by atoms with Gasteiger partial charge in [-0.25, -0.2) is 0 Å². The number of rotatable bonds is 4. The standard InChI is InChI=1S/C10H20N2O2/c1-2-11-9-10(1)14-8-5-12-3-6-13-7-4-12/h10-11H,1-9H2/t10-/m0/s1. The Bertz CT molecular complexity index is 154. The molecule has 0 saturated carbocycles. The molecule has 4 heteroatoms. The summed E-state index contributed by atoms with van der Waals surface area (Å²) >= 11 is 0. The Kier molecular flexibility index (Phi) is 4.19. The lowest BCUT2D eigenvalue weighted by Gasteiger charge is -2.26. The van der Waals surface area contributed by atoms with E-state index >= 15 is 0 Å². The van der Waals surface area contributed by atoms with E-state index in [2.05, 4.69) is 10.2 Å². The van der Waals surface area contributed by atoms with Gasteiger partial charge in [-0.15, -0.1) is 0 Å². The maximum Gasteiger partial charge on any atom is 0.0712 e. The molecular formula is C10H20N2O2. The molecule has 2 aliphatic rings. The van der Waals surface area contributed by atoms with Crippen molar-refractivity contribution >= 4 is 0 Å². The van der Waals surface area contributed by atoms with Crippen molar-refractivity contribution in [3.05, 3.63) is 0 Å². The van der Waals surface area contributed by atoms with Crippen molar-refractivity contribution in [3.8, 4) is 0 Å². The Hall–Kier alpha value is -0.160. The molecular weight excluding hydrogens is 180 g/mol. The van der Waals surface area contributed by atoms with Gasteiger partial charge in [-0.1, -0.05) is 0 Å². The van der Waals surface area contributed by atoms with Crippen LogP contribution in [-0.4, -0.2) is 63.5 Å². The van der Waals surface area contributed by atoms with E-state index in [1.165, 1.54) is 6.42 Å². The van der Waals surface area contributed by atoms with Crippen molar-refractivity contribution in [2.24, 2.45) is 0 Å². The molecule has 82 valence electrons. The first kappa shape index (κ1) is 10.4. The number of nitrogens with zero attached hydrogens (tertiary/aromatic N) is 1. The molecule has 0 spiro atoms. The number of nitrogens with one attached hydrogen (secondary N) is 1. The molecule has 0 aromatic rings. The van der Waals surface area contributed by atoms with Crippen LogP contribution in [-0.2, 0) is 9.47 Å². The lowest BCUT2D eigenvalue weighted by Crippen LogP contribution is -2.38. The van der Waals surface area contributed by atoms with Crippen molar-refractivity contribution in [1.82, 2.24) is 10.2 Å². The number of hydrogen-bond acceptors (Lipinski definition) is 4. The van der Waals surface area contributed by atoms with E-state index in [1.807, 2.05) is 0 Å². The second-order valence-corrected chi connectivity index (χ2v) is 3.94. The van der Waals surface area contributed by atoms with Gasteiger partial charge in [0.2, 0.25) is 0 Å². The van der Waals surface area contributed by atoms with Gasteiger partial charge >= 0.3 is 0 Å². The van der Waals surface area contributed by atoms with Crippen LogP contribution in [0.25, 0.3) is 0 Å². The third-order valence-corrected chi connectivity index (χ3v) is 2.88. The fraction of sp³-hybridized carbons (Fsp3) is 1.00. The van der Waals surface area contributed by atoms with Crippen LogP contribution in [0.3, 0.4) is 0 Å². The van der Waals surface area contributed by atoms with Crippen molar-refractivity contribution in [1.29, 1.82) is 0 Å². The van der Waals surface area contributed by atoms with Gasteiger partial charge in [0.05, 0.1) is 25.9 Å². The lowest BCUT2D eigenvalue weighted by molar-refractivity contribution is 0.00638. The third-order valence-electron chi connectivity index (χ3n) is 2.88. The van der Waals surface area contributed by atoms with E-state index < -0.39 is 0 Å². The summed E-state index contributed by atoms with van der Waals surface area (Å²) in [7, 11) is 0. The Morgan fingerprint density at radius 3 is 2.93 bits per heavy atom. The summed E-state index contributed by atoms with van der Waals surface area (Å²) in [6.45, 7) is 7.95. The fourth-order valence-corrected chi connectivity index (χ4v) is 1.94. The Morgan fingerprint density at radius 1 is 1.36 bits per heavy atom. The highest BCUT2D eigenvalue weighted by molar-refractivity contribution is 4.71. The third kappa shape index (κ3) is 3.20. The second-order valence-electron chi connectivity index (χ2n) is 3.94. The summed E-state index contributed by atoms with van der Waals surface area (Å²) in [6, 6.07) is 0. The molecule has 2 saturated heterocycles. The minimum Gasteiger partial charge on any atom is -0.379 e. The zero-order valence-electron chi connectivity index (χ0n) is 8.71. The minimum absolute atomic E-state index is 0.455. The first-order valence-corrected chi connectivity index (χ1v) is 5.57. The predicted octanol–water partition coefficient (Wildman–Crippen LogP) is -0.303. The summed E-state index contributed by atoms with van der Waals surface area (Å²) in [5.41, 5.74) is 0. The lowest BCUT2D eigenvalue weighted by atomic mass is 10.3. The summed E-state index contributed by atoms with van der Waals surface area (Å²) in [4.78, 5) is 2.41. The molecule has 2 fully saturated rings. The van der Waals surface area contributed by atoms with Crippen LogP contribution in [0.5, 0.6) is 0 Å². The maximum absolute atomic E-state index is 5.76. The summed E-state index contributed by atoms with van der Waals surface area (Å²) < 4.78 is 11.0. The fourth-order valence-electron chi connectivity index (χ4n) is 1.94. The molecule has 2 rings (SSSR count). The van der Waals surface area contributed by atoms with Crippen LogP contribution in [0.2, 0.25) is 0 Å². The highest BCUT2D eigenvalue weighted by atomic mass is 16.5. The van der Waals surface area contributed by atoms with Gasteiger partial charge in [-0.05, 0) is 13.0 Å². The van der Waals surface area contributed by atoms with Crippen molar-refractivity contribution < 1.29 is 9.47 Å². The van der Waals surface area contributed by atoms with Crippen LogP contribution in [0.1, 0.15) is 6.42 Å². The van der Waals surface area contributed by atoms with Crippen molar-refractivity contribution in [3.63, 3.8) is 0 Å². The Morgan fingerprint density at radius 2 is 2.21 bits per heavy atom. The van der Waals surface area contributed by atoms with Crippen molar-refractivity contribution in [2.45, 2.75) is 12.5 Å². The molecule has 0 aromatic carbocycles. The van der Waals surface area contributed by atoms with E-state index in [0.29, 0.717) is 6.10 Å². The first-order valence-electron chi connectivity index (χ1n) is 5.57. The van der Waals surface area contributed by atoms with Crippen LogP contribution in [0.4, 0.5) is 0 Å². The summed E-state index contributed by atoms with van der Waals surface area (Å²) in [5, 5.41) is 3.30. The molecule has 0 unspecified atom stereocenters. The molecule has 2 aliphatic heterocycles. The SMILES string of the molecule is C1C[C@H](OCCN2CCOCC2)CN1. The molecule has 14 heavy (non-hydrogen) atoms. The molecule has 0 radical (unpaired) electrons. The topological polar surface area (TPSA) is 33.7 Å². The molecule has 0 aliphatic carbocycles. The normalized spacial score (nSPS) is 29.6. The Balaban J connectivity index is 1.52. The van der Waals surface area contributed by atoms with Crippen LogP contribution < -0.4 is 5.32 Å². The number of ether oxygens (including phenoxy) is 2. The number of morpholine rings is 1. The highest BCUT2D eigenvalue weighted by Gasteiger charge is 2.15. The molecule has 4 nitrogen and oxygen atoms in total. The molecule has 0 aromatic heterocycles. The van der Waals surface area contributed by atoms with Gasteiger partial charge in [0.1, 0.15) is 0 Å². The number of hydrogen-bond donors (Lipinski definition) is 1. The van der Waals surface area contributed by atoms with Gasteiger partial charge in [0.25, 0.3) is 0 Å². The van der Waals surface area contributed by atoms with Gasteiger partial charge in [0.15, 0.2) is 0 Å². The zero-order chi connectivity index (χ0) is 9.64. The van der Waals surface area contributed by atoms with E-state index in [4.69, 9.17) is 9.47 Å². The van der Waals surface area contributed by atoms with Gasteiger partial charge in [0, 0.05) is 26.2 Å². The molecule has 1 N–H and O–H groups in total. The minimum atomic E-state index is 0.455. The van der Waals surface area contributed by atoms with Gasteiger partial charge < -0.3 is 14.8 Å². The van der Waals surface area contributed by atoms with E-state index in [-0.39, 0.29) is 0 Å². The largest absolute Gasteiger partial charge is 0.379 e. The first-order chi connectivity index (χ1) is 6.95. The summed E-state index contributed by atoms with van der Waals surface area (Å²) in [5.74, 6) is 0. The van der Waals surface area contributed by atoms with Gasteiger partial charge in [-0.3, -0.25) is 4.90 Å². The highest BCUT2D eigenvalue weighted by Crippen LogP contribution is 2.03. The van der Waals surface area contributed by atoms with Gasteiger partial charge in [-0.2, -0.15) is 0 Å². The van der Waals surface area contributed by atoms with E-state index in [1.54, 1.807) is 0 Å². The van der Waals surface area contributed by atoms with Crippen molar-refractivity contribution in [2.75, 3.05) is 52.5 Å². The molecule has 0 amide bonds. The van der Waals surface area contributed by atoms with Crippen LogP contribution in [0, 0.1) is 0 Å².